The summed E-state index contributed by atoms with van der Waals surface area (Å²) in [5, 5.41) is 9.37. The van der Waals surface area contributed by atoms with Crippen molar-refractivity contribution in [3.63, 3.8) is 0 Å². The van der Waals surface area contributed by atoms with Crippen molar-refractivity contribution in [3.05, 3.63) is 178 Å². The number of hydrogen-bond acceptors (Lipinski definition) is 20. The quantitative estimate of drug-likeness (QED) is 0.0815. The summed E-state index contributed by atoms with van der Waals surface area (Å²) in [6, 6.07) is 23.4. The molecule has 0 bridgehead atoms. The molecule has 6 aliphatic rings. The molecule has 592 valence electrons. The van der Waals surface area contributed by atoms with E-state index in [1.165, 1.54) is 29.7 Å². The minimum absolute atomic E-state index is 0.0169. The number of pyridine rings is 3. The Bertz CT molecular complexity index is 5560. The number of carbonyl (C=O) groups is 1. The minimum atomic E-state index is -0.503. The van der Waals surface area contributed by atoms with Gasteiger partial charge < -0.3 is 49.3 Å². The van der Waals surface area contributed by atoms with Gasteiger partial charge in [-0.1, -0.05) is 32.9 Å². The molecule has 1 amide bonds. The average Bonchev–Trinajstić information content (AvgIpc) is 1.59. The topological polar surface area (TPSA) is 239 Å². The largest absolute Gasteiger partial charge is 0.336 e. The summed E-state index contributed by atoms with van der Waals surface area (Å²) in [5.74, 6) is 4.98. The molecular formula is C87H102F3N23O. The van der Waals surface area contributed by atoms with Crippen LogP contribution in [0.1, 0.15) is 156 Å². The molecule has 9 aromatic heterocycles. The minimum Gasteiger partial charge on any atom is -0.336 e. The SMILES string of the molecule is CCN1CCC(c2ccc(Nc3ncc(F)c(-c4cc(C)c5nc6n(c5c4)C(C)(C)CC6)n3)nc2)CC1.CCN1CCN(C(=O)c2ccc(Nc3ncc(F)c(-c4cc(C)c5nc6n(c5c4)C(C)(C)CC6)n3)nc2)CC1.CCN1CCN(Cc2ccc(Nc3ncc(F)c(-c4cc(C)c5nc6n(c5c4)C(C)(C)CC6)n3)nc2)CC1. The van der Waals surface area contributed by atoms with Crippen LogP contribution in [-0.2, 0) is 42.4 Å². The molecule has 0 spiro atoms. The van der Waals surface area contributed by atoms with Crippen molar-refractivity contribution in [3.8, 4) is 33.8 Å². The van der Waals surface area contributed by atoms with Gasteiger partial charge in [0.25, 0.3) is 5.91 Å². The highest BCUT2D eigenvalue weighted by Crippen LogP contribution is 2.43. The van der Waals surface area contributed by atoms with Crippen LogP contribution in [0.25, 0.3) is 66.9 Å². The number of anilines is 6. The molecule has 3 N–H and O–H groups in total. The molecule has 0 aliphatic carbocycles. The number of aromatic nitrogens is 15. The van der Waals surface area contributed by atoms with Gasteiger partial charge in [0.2, 0.25) is 17.8 Å². The number of piperidine rings is 1. The number of likely N-dealkylation sites (tertiary alicyclic amines) is 1. The molecule has 12 aromatic rings. The van der Waals surface area contributed by atoms with E-state index in [2.05, 4.69) is 169 Å². The van der Waals surface area contributed by atoms with Gasteiger partial charge in [0.05, 0.1) is 57.3 Å². The van der Waals surface area contributed by atoms with Gasteiger partial charge in [-0.25, -0.2) is 73.0 Å². The average molecular weight is 1540 g/mol. The first-order valence-electron chi connectivity index (χ1n) is 40.4. The third-order valence-corrected chi connectivity index (χ3v) is 24.1. The molecule has 0 radical (unpaired) electrons. The van der Waals surface area contributed by atoms with Crippen LogP contribution in [-0.4, -0.2) is 189 Å². The number of imidazole rings is 3. The summed E-state index contributed by atoms with van der Waals surface area (Å²) >= 11 is 0. The second-order valence-corrected chi connectivity index (χ2v) is 33.2. The van der Waals surface area contributed by atoms with Gasteiger partial charge in [-0.15, -0.1) is 0 Å². The van der Waals surface area contributed by atoms with Crippen LogP contribution in [0.2, 0.25) is 0 Å². The maximum atomic E-state index is 15.0. The Labute approximate surface area is 663 Å². The van der Waals surface area contributed by atoms with Crippen LogP contribution in [0, 0.1) is 38.2 Å². The molecule has 3 aromatic carbocycles. The number of carbonyl (C=O) groups excluding carboxylic acids is 1. The molecule has 18 rings (SSSR count). The molecule has 0 atom stereocenters. The Kier molecular flexibility index (Phi) is 21.4. The fraction of sp³-hybridized carbons (Fsp3) is 0.437. The molecular weight excluding hydrogens is 1440 g/mol. The molecule has 0 saturated carbocycles. The Morgan fingerprint density at radius 3 is 1.16 bits per heavy atom. The zero-order valence-corrected chi connectivity index (χ0v) is 67.5. The van der Waals surface area contributed by atoms with E-state index in [-0.39, 0.29) is 45.6 Å². The number of halogens is 3. The molecule has 27 heteroatoms. The van der Waals surface area contributed by atoms with Gasteiger partial charge in [0, 0.05) is 130 Å². The zero-order valence-electron chi connectivity index (χ0n) is 67.5. The summed E-state index contributed by atoms with van der Waals surface area (Å²) in [7, 11) is 0. The summed E-state index contributed by atoms with van der Waals surface area (Å²) in [4.78, 5) is 78.8. The lowest BCUT2D eigenvalue weighted by Crippen LogP contribution is -2.48. The normalized spacial score (nSPS) is 17.5. The van der Waals surface area contributed by atoms with Gasteiger partial charge in [0.15, 0.2) is 17.5 Å². The first-order valence-corrected chi connectivity index (χ1v) is 40.4. The van der Waals surface area contributed by atoms with Gasteiger partial charge in [-0.3, -0.25) is 9.69 Å². The first kappa shape index (κ1) is 77.2. The fourth-order valence-electron chi connectivity index (χ4n) is 17.4. The van der Waals surface area contributed by atoms with E-state index in [0.717, 1.165) is 208 Å². The number of amides is 1. The highest BCUT2D eigenvalue weighted by molar-refractivity contribution is 5.94. The van der Waals surface area contributed by atoms with Crippen molar-refractivity contribution in [1.29, 1.82) is 0 Å². The van der Waals surface area contributed by atoms with Crippen molar-refractivity contribution >= 4 is 74.3 Å². The number of nitrogens with zero attached hydrogens (tertiary/aromatic N) is 20. The summed E-state index contributed by atoms with van der Waals surface area (Å²) in [5.41, 5.74) is 14.7. The van der Waals surface area contributed by atoms with E-state index >= 15 is 8.78 Å². The van der Waals surface area contributed by atoms with Gasteiger partial charge in [-0.2, -0.15) is 0 Å². The maximum Gasteiger partial charge on any atom is 0.255 e. The van der Waals surface area contributed by atoms with Crippen LogP contribution >= 0.6 is 0 Å². The zero-order chi connectivity index (χ0) is 79.5. The lowest BCUT2D eigenvalue weighted by Gasteiger charge is -2.34. The molecule has 114 heavy (non-hydrogen) atoms. The lowest BCUT2D eigenvalue weighted by molar-refractivity contribution is 0.0643. The van der Waals surface area contributed by atoms with E-state index in [1.54, 1.807) is 18.3 Å². The highest BCUT2D eigenvalue weighted by atomic mass is 19.1. The van der Waals surface area contributed by atoms with E-state index < -0.39 is 17.5 Å². The van der Waals surface area contributed by atoms with Crippen LogP contribution in [0.3, 0.4) is 0 Å². The number of likely N-dealkylation sites (N-methyl/N-ethyl adjacent to an activating group) is 2. The predicted molar refractivity (Wildman–Crippen MR) is 441 cm³/mol. The van der Waals surface area contributed by atoms with Crippen LogP contribution in [0.4, 0.5) is 48.5 Å². The van der Waals surface area contributed by atoms with E-state index in [4.69, 9.17) is 15.0 Å². The second-order valence-electron chi connectivity index (χ2n) is 33.2. The van der Waals surface area contributed by atoms with Crippen molar-refractivity contribution < 1.29 is 18.0 Å². The number of nitrogens with one attached hydrogen (secondary N) is 3. The molecule has 3 saturated heterocycles. The molecule has 15 heterocycles. The lowest BCUT2D eigenvalue weighted by atomic mass is 9.90. The van der Waals surface area contributed by atoms with Crippen molar-refractivity contribution in [2.24, 2.45) is 0 Å². The number of fused-ring (bicyclic) bond motifs is 9. The van der Waals surface area contributed by atoms with Gasteiger partial charge in [-0.05, 0) is 222 Å². The second kappa shape index (κ2) is 31.6. The predicted octanol–water partition coefficient (Wildman–Crippen LogP) is 15.4. The van der Waals surface area contributed by atoms with Crippen LogP contribution < -0.4 is 16.0 Å². The van der Waals surface area contributed by atoms with E-state index in [0.29, 0.717) is 59.5 Å². The van der Waals surface area contributed by atoms with Crippen molar-refractivity contribution in [2.45, 2.75) is 164 Å². The number of rotatable bonds is 16. The highest BCUT2D eigenvalue weighted by Gasteiger charge is 2.37. The summed E-state index contributed by atoms with van der Waals surface area (Å²) in [6.45, 7) is 39.9. The van der Waals surface area contributed by atoms with E-state index in [9.17, 15) is 9.18 Å². The summed E-state index contributed by atoms with van der Waals surface area (Å²) < 4.78 is 51.9. The number of hydrogen-bond donors (Lipinski definition) is 3. The van der Waals surface area contributed by atoms with Gasteiger partial charge >= 0.3 is 0 Å². The maximum absolute atomic E-state index is 15.0. The van der Waals surface area contributed by atoms with E-state index in [1.807, 2.05) is 86.6 Å². The Hall–Kier alpha value is -10.7. The van der Waals surface area contributed by atoms with Gasteiger partial charge in [0.1, 0.15) is 52.0 Å². The fourth-order valence-corrected chi connectivity index (χ4v) is 17.4. The molecule has 6 aliphatic heterocycles. The number of piperazine rings is 2. The molecule has 24 nitrogen and oxygen atoms in total. The smallest absolute Gasteiger partial charge is 0.255 e. The standard InChI is InChI=1S/C29H33FN8O.C29H35FN8.C29H34FN7/c1-5-36-10-12-37(13-11-36)27(39)19-6-7-23(31-16-19)33-28-32-17-21(30)26(35-28)20-14-18(2)25-22(15-20)38-24(34-25)8-9-29(38,3)4;1-5-36-10-12-37(13-11-36)18-20-6-7-24(31-16-20)33-28-32-17-22(30)27(35-28)21-14-19(2)26-23(15-21)38-25(34-26)8-9-29(38,3)4;1-5-36-12-9-19(10-13-36)20-6-7-24(31-16-20)33-28-32-17-22(30)27(35-28)21-14-18(2)26-23(15-21)37-25(34-26)8-11-29(37,3)4/h6-7,14-17H,5,8-13H2,1-4H3,(H,31,32,33,35);6-7,14-17H,5,8-13,18H2,1-4H3,(H,31,32,33,35);6-7,14-17,19H,5,8-13H2,1-4H3,(H,31,32,33,35). The molecule has 0 unspecified atom stereocenters. The number of benzene rings is 3. The van der Waals surface area contributed by atoms with Crippen molar-refractivity contribution in [2.75, 3.05) is 101 Å². The molecule has 3 fully saturated rings. The van der Waals surface area contributed by atoms with Crippen LogP contribution in [0.5, 0.6) is 0 Å². The Morgan fingerprint density at radius 2 is 0.789 bits per heavy atom. The third kappa shape index (κ3) is 15.7. The van der Waals surface area contributed by atoms with Crippen molar-refractivity contribution in [1.82, 2.24) is 98.0 Å². The Morgan fingerprint density at radius 1 is 0.421 bits per heavy atom. The third-order valence-electron chi connectivity index (χ3n) is 24.1. The number of aryl methyl sites for hydroxylation is 6. The Balaban J connectivity index is 0.000000129. The monoisotopic (exact) mass is 1540 g/mol. The first-order chi connectivity index (χ1) is 54.9. The van der Waals surface area contributed by atoms with Crippen LogP contribution in [0.15, 0.2) is 110 Å². The summed E-state index contributed by atoms with van der Waals surface area (Å²) in [6.07, 6.45) is 17.3.